The summed E-state index contributed by atoms with van der Waals surface area (Å²) >= 11 is 12.1. The van der Waals surface area contributed by atoms with Gasteiger partial charge in [-0.2, -0.15) is 5.10 Å². The Balaban J connectivity index is 1.60. The maximum absolute atomic E-state index is 12.4. The second kappa shape index (κ2) is 8.10. The van der Waals surface area contributed by atoms with Crippen LogP contribution in [0.25, 0.3) is 0 Å². The fraction of sp³-hybridized carbons (Fsp3) is 0.333. The summed E-state index contributed by atoms with van der Waals surface area (Å²) < 4.78 is 3.39. The number of hydrogen-bond acceptors (Lipinski definition) is 4. The Bertz CT molecular complexity index is 965. The third-order valence-electron chi connectivity index (χ3n) is 4.19. The predicted molar refractivity (Wildman–Crippen MR) is 105 cm³/mol. The van der Waals surface area contributed by atoms with Crippen LogP contribution >= 0.6 is 23.2 Å². The van der Waals surface area contributed by atoms with Crippen molar-refractivity contribution in [1.29, 1.82) is 0 Å². The number of carbonyl (C=O) groups is 1. The lowest BCUT2D eigenvalue weighted by Gasteiger charge is -2.11. The zero-order chi connectivity index (χ0) is 19.6. The third-order valence-corrected chi connectivity index (χ3v) is 4.97. The molecule has 2 heterocycles. The molecule has 0 radical (unpaired) electrons. The molecule has 1 amide bonds. The summed E-state index contributed by atoms with van der Waals surface area (Å²) in [6, 6.07) is 7.51. The van der Waals surface area contributed by atoms with Gasteiger partial charge in [-0.15, -0.1) is 5.10 Å². The van der Waals surface area contributed by atoms with E-state index in [0.717, 1.165) is 17.0 Å². The molecule has 1 N–H and O–H groups in total. The van der Waals surface area contributed by atoms with Crippen molar-refractivity contribution in [2.45, 2.75) is 33.9 Å². The van der Waals surface area contributed by atoms with Gasteiger partial charge in [0.1, 0.15) is 6.33 Å². The Kier molecular flexibility index (Phi) is 5.82. The fourth-order valence-corrected chi connectivity index (χ4v) is 3.03. The number of rotatable bonds is 6. The second-order valence-corrected chi connectivity index (χ2v) is 7.27. The van der Waals surface area contributed by atoms with Crippen LogP contribution in [0.5, 0.6) is 0 Å². The molecule has 0 spiro atoms. The zero-order valence-electron chi connectivity index (χ0n) is 15.3. The van der Waals surface area contributed by atoms with Gasteiger partial charge in [0.25, 0.3) is 0 Å². The predicted octanol–water partition coefficient (Wildman–Crippen LogP) is 3.72. The normalized spacial score (nSPS) is 12.2. The molecule has 0 aliphatic rings. The number of halogens is 2. The average Bonchev–Trinajstić information content (AvgIpc) is 3.15. The lowest BCUT2D eigenvalue weighted by atomic mass is 10.1. The van der Waals surface area contributed by atoms with E-state index in [-0.39, 0.29) is 17.8 Å². The number of amides is 1. The quantitative estimate of drug-likeness (QED) is 0.676. The van der Waals surface area contributed by atoms with E-state index >= 15 is 0 Å². The first-order chi connectivity index (χ1) is 12.8. The summed E-state index contributed by atoms with van der Waals surface area (Å²) in [5, 5.41) is 12.7. The Hall–Kier alpha value is -2.38. The van der Waals surface area contributed by atoms with E-state index in [9.17, 15) is 4.79 Å². The molecule has 2 aromatic heterocycles. The standard InChI is InChI=1S/C18H20Cl2N6O/c1-11(8-26-13(3)16(20)12(2)23-26)17(27)22-18-21-10-25(24-18)9-14-5-4-6-15(19)7-14/h4-7,10-11H,8-9H2,1-3H3,(H,22,24,27). The molecule has 0 bridgehead atoms. The number of carbonyl (C=O) groups excluding carboxylic acids is 1. The SMILES string of the molecule is Cc1nn(CC(C)C(=O)Nc2ncn(Cc3cccc(Cl)c3)n2)c(C)c1Cl. The molecule has 1 unspecified atom stereocenters. The number of anilines is 1. The van der Waals surface area contributed by atoms with Crippen molar-refractivity contribution in [3.8, 4) is 0 Å². The smallest absolute Gasteiger partial charge is 0.248 e. The van der Waals surface area contributed by atoms with E-state index in [0.29, 0.717) is 23.1 Å². The zero-order valence-corrected chi connectivity index (χ0v) is 16.8. The van der Waals surface area contributed by atoms with Crippen LogP contribution in [0, 0.1) is 19.8 Å². The molecule has 9 heteroatoms. The van der Waals surface area contributed by atoms with Gasteiger partial charge in [0, 0.05) is 5.02 Å². The summed E-state index contributed by atoms with van der Waals surface area (Å²) in [6.45, 7) is 6.49. The van der Waals surface area contributed by atoms with Gasteiger partial charge in [-0.1, -0.05) is 42.3 Å². The maximum Gasteiger partial charge on any atom is 0.248 e. The van der Waals surface area contributed by atoms with Gasteiger partial charge < -0.3 is 0 Å². The summed E-state index contributed by atoms with van der Waals surface area (Å²) in [5.41, 5.74) is 2.60. The lowest BCUT2D eigenvalue weighted by Crippen LogP contribution is -2.26. The number of benzene rings is 1. The lowest BCUT2D eigenvalue weighted by molar-refractivity contribution is -0.119. The van der Waals surface area contributed by atoms with Crippen molar-refractivity contribution in [2.75, 3.05) is 5.32 Å². The van der Waals surface area contributed by atoms with Crippen molar-refractivity contribution in [3.05, 3.63) is 57.6 Å². The molecule has 0 aliphatic carbocycles. The molecule has 3 rings (SSSR count). The van der Waals surface area contributed by atoms with Crippen molar-refractivity contribution < 1.29 is 4.79 Å². The summed E-state index contributed by atoms with van der Waals surface area (Å²) in [6.07, 6.45) is 1.57. The van der Waals surface area contributed by atoms with Gasteiger partial charge in [-0.25, -0.2) is 9.67 Å². The Morgan fingerprint density at radius 2 is 2.04 bits per heavy atom. The summed E-state index contributed by atoms with van der Waals surface area (Å²) in [4.78, 5) is 16.6. The molecule has 0 aliphatic heterocycles. The molecule has 7 nitrogen and oxygen atoms in total. The van der Waals surface area contributed by atoms with E-state index in [4.69, 9.17) is 23.2 Å². The van der Waals surface area contributed by atoms with Gasteiger partial charge in [-0.05, 0) is 31.5 Å². The minimum atomic E-state index is -0.320. The molecule has 1 aromatic carbocycles. The van der Waals surface area contributed by atoms with Crippen LogP contribution in [0.2, 0.25) is 10.0 Å². The molecule has 3 aromatic rings. The highest BCUT2D eigenvalue weighted by molar-refractivity contribution is 6.31. The van der Waals surface area contributed by atoms with Crippen molar-refractivity contribution >= 4 is 35.1 Å². The highest BCUT2D eigenvalue weighted by atomic mass is 35.5. The first-order valence-corrected chi connectivity index (χ1v) is 9.23. The average molecular weight is 407 g/mol. The van der Waals surface area contributed by atoms with Crippen LogP contribution in [0.3, 0.4) is 0 Å². The Morgan fingerprint density at radius 3 is 2.70 bits per heavy atom. The monoisotopic (exact) mass is 406 g/mol. The minimum Gasteiger partial charge on any atom is -0.293 e. The Labute approximate surface area is 167 Å². The molecular weight excluding hydrogens is 387 g/mol. The molecule has 0 fully saturated rings. The largest absolute Gasteiger partial charge is 0.293 e. The first-order valence-electron chi connectivity index (χ1n) is 8.47. The second-order valence-electron chi connectivity index (χ2n) is 6.45. The third kappa shape index (κ3) is 4.67. The number of nitrogens with zero attached hydrogens (tertiary/aromatic N) is 5. The Morgan fingerprint density at radius 1 is 1.26 bits per heavy atom. The minimum absolute atomic E-state index is 0.181. The highest BCUT2D eigenvalue weighted by Crippen LogP contribution is 2.20. The topological polar surface area (TPSA) is 77.6 Å². The highest BCUT2D eigenvalue weighted by Gasteiger charge is 2.18. The first kappa shape index (κ1) is 19.4. The van der Waals surface area contributed by atoms with Crippen LogP contribution in [-0.2, 0) is 17.9 Å². The van der Waals surface area contributed by atoms with Crippen LogP contribution < -0.4 is 5.32 Å². The van der Waals surface area contributed by atoms with Crippen molar-refractivity contribution in [2.24, 2.45) is 5.92 Å². The number of aromatic nitrogens is 5. The van der Waals surface area contributed by atoms with Gasteiger partial charge >= 0.3 is 0 Å². The van der Waals surface area contributed by atoms with Gasteiger partial charge in [-0.3, -0.25) is 14.8 Å². The van der Waals surface area contributed by atoms with Crippen LogP contribution in [0.15, 0.2) is 30.6 Å². The van der Waals surface area contributed by atoms with Crippen molar-refractivity contribution in [1.82, 2.24) is 24.5 Å². The number of aryl methyl sites for hydroxylation is 1. The van der Waals surface area contributed by atoms with Gasteiger partial charge in [0.2, 0.25) is 11.9 Å². The fourth-order valence-electron chi connectivity index (χ4n) is 2.68. The maximum atomic E-state index is 12.4. The molecule has 142 valence electrons. The van der Waals surface area contributed by atoms with Crippen molar-refractivity contribution in [3.63, 3.8) is 0 Å². The van der Waals surface area contributed by atoms with Crippen LogP contribution in [0.1, 0.15) is 23.9 Å². The van der Waals surface area contributed by atoms with E-state index in [1.807, 2.05) is 45.0 Å². The van der Waals surface area contributed by atoms with Crippen LogP contribution in [-0.4, -0.2) is 30.5 Å². The van der Waals surface area contributed by atoms with Gasteiger partial charge in [0.15, 0.2) is 0 Å². The number of hydrogen-bond donors (Lipinski definition) is 1. The molecule has 0 saturated carbocycles. The molecule has 27 heavy (non-hydrogen) atoms. The van der Waals surface area contributed by atoms with E-state index in [1.54, 1.807) is 15.7 Å². The van der Waals surface area contributed by atoms with Crippen LogP contribution in [0.4, 0.5) is 5.95 Å². The summed E-state index contributed by atoms with van der Waals surface area (Å²) in [7, 11) is 0. The molecule has 1 atom stereocenters. The number of nitrogens with one attached hydrogen (secondary N) is 1. The van der Waals surface area contributed by atoms with Gasteiger partial charge in [0.05, 0.1) is 35.4 Å². The van der Waals surface area contributed by atoms with E-state index in [2.05, 4.69) is 20.5 Å². The summed E-state index contributed by atoms with van der Waals surface area (Å²) in [5.74, 6) is -0.238. The van der Waals surface area contributed by atoms with E-state index < -0.39 is 0 Å². The molecular formula is C18H20Cl2N6O. The van der Waals surface area contributed by atoms with E-state index in [1.165, 1.54) is 0 Å². The molecule has 0 saturated heterocycles.